The molecule has 0 bridgehead atoms. The summed E-state index contributed by atoms with van der Waals surface area (Å²) in [5.41, 5.74) is -0.819. The van der Waals surface area contributed by atoms with Gasteiger partial charge in [-0.3, -0.25) is 9.59 Å². The smallest absolute Gasteiger partial charge is 0.212 e. The molecule has 0 aromatic carbocycles. The Morgan fingerprint density at radius 2 is 1.80 bits per heavy atom. The molecule has 0 heterocycles. The Morgan fingerprint density at radius 3 is 1.80 bits per heavy atom. The van der Waals surface area contributed by atoms with Crippen molar-refractivity contribution in [2.45, 2.75) is 33.6 Å². The molecule has 0 rings (SSSR count). The van der Waals surface area contributed by atoms with E-state index in [2.05, 4.69) is 0 Å². The number of rotatable bonds is 4. The summed E-state index contributed by atoms with van der Waals surface area (Å²) in [5, 5.41) is 0. The lowest BCUT2D eigenvalue weighted by Gasteiger charge is -2.19. The lowest BCUT2D eigenvalue weighted by Crippen LogP contribution is -2.29. The Hall–Kier alpha value is -0.660. The Bertz CT molecular complexity index is 134. The lowest BCUT2D eigenvalue weighted by molar-refractivity contribution is -0.123. The number of carbonyl (C=O) groups excluding carboxylic acids is 2. The highest BCUT2D eigenvalue weighted by molar-refractivity contribution is 5.96. The van der Waals surface area contributed by atoms with Gasteiger partial charge in [-0.15, -0.1) is 0 Å². The van der Waals surface area contributed by atoms with Crippen molar-refractivity contribution in [3.05, 3.63) is 0 Å². The molecule has 0 aliphatic carbocycles. The number of carbonyl (C=O) groups is 1. The van der Waals surface area contributed by atoms with E-state index in [-0.39, 0.29) is 5.78 Å². The molecule has 0 unspecified atom stereocenters. The molecule has 2 nitrogen and oxygen atoms in total. The molecule has 0 saturated heterocycles. The average Bonchev–Trinajstić information content (AvgIpc) is 1.92. The molecule has 0 aliphatic rings. The number of Topliss-reactive ketones (excluding diaryl/α,β-unsaturated/α-hetero) is 1. The van der Waals surface area contributed by atoms with Crippen molar-refractivity contribution in [2.24, 2.45) is 5.41 Å². The Balaban J connectivity index is 4.46. The fourth-order valence-electron chi connectivity index (χ4n) is 0.964. The van der Waals surface area contributed by atoms with Gasteiger partial charge in [-0.2, -0.15) is 0 Å². The maximum absolute atomic E-state index is 10.9. The minimum Gasteiger partial charge on any atom is -0.299 e. The predicted octanol–water partition coefficient (Wildman–Crippen LogP) is 1.49. The molecular formula is C8H13O2. The summed E-state index contributed by atoms with van der Waals surface area (Å²) in [6, 6.07) is 0. The van der Waals surface area contributed by atoms with E-state index < -0.39 is 5.41 Å². The fraction of sp³-hybridized carbons (Fsp3) is 0.750. The van der Waals surface area contributed by atoms with Gasteiger partial charge < -0.3 is 0 Å². The molecule has 0 fully saturated rings. The normalized spacial score (nSPS) is 11.1. The van der Waals surface area contributed by atoms with Gasteiger partial charge in [-0.05, 0) is 19.8 Å². The number of hydrogen-bond acceptors (Lipinski definition) is 2. The summed E-state index contributed by atoms with van der Waals surface area (Å²) in [7, 11) is 0. The van der Waals surface area contributed by atoms with Crippen molar-refractivity contribution in [1.82, 2.24) is 0 Å². The second-order valence-electron chi connectivity index (χ2n) is 2.45. The van der Waals surface area contributed by atoms with Crippen molar-refractivity contribution in [3.63, 3.8) is 0 Å². The summed E-state index contributed by atoms with van der Waals surface area (Å²) >= 11 is 0. The van der Waals surface area contributed by atoms with Crippen LogP contribution in [0.5, 0.6) is 0 Å². The summed E-state index contributed by atoms with van der Waals surface area (Å²) in [6.07, 6.45) is 2.93. The van der Waals surface area contributed by atoms with Gasteiger partial charge in [0.05, 0.1) is 5.41 Å². The van der Waals surface area contributed by atoms with E-state index in [1.165, 1.54) is 6.92 Å². The fourth-order valence-corrected chi connectivity index (χ4v) is 0.964. The van der Waals surface area contributed by atoms with Crippen LogP contribution >= 0.6 is 0 Å². The minimum absolute atomic E-state index is 0.0764. The maximum Gasteiger partial charge on any atom is 0.212 e. The molecular weight excluding hydrogens is 128 g/mol. The quantitative estimate of drug-likeness (QED) is 0.556. The zero-order valence-corrected chi connectivity index (χ0v) is 6.73. The molecule has 10 heavy (non-hydrogen) atoms. The zero-order chi connectivity index (χ0) is 8.20. The highest BCUT2D eigenvalue weighted by atomic mass is 16.1. The van der Waals surface area contributed by atoms with Crippen molar-refractivity contribution in [1.29, 1.82) is 0 Å². The summed E-state index contributed by atoms with van der Waals surface area (Å²) in [4.78, 5) is 21.3. The lowest BCUT2D eigenvalue weighted by atomic mass is 9.80. The summed E-state index contributed by atoms with van der Waals surface area (Å²) < 4.78 is 0. The summed E-state index contributed by atoms with van der Waals surface area (Å²) in [5.74, 6) is -0.0764. The largest absolute Gasteiger partial charge is 0.299 e. The monoisotopic (exact) mass is 141 g/mol. The Kier molecular flexibility index (Phi) is 3.26. The Morgan fingerprint density at radius 1 is 1.40 bits per heavy atom. The molecule has 0 aromatic rings. The highest BCUT2D eigenvalue weighted by Crippen LogP contribution is 2.23. The van der Waals surface area contributed by atoms with Gasteiger partial charge in [-0.1, -0.05) is 13.8 Å². The minimum atomic E-state index is -0.819. The molecule has 0 spiro atoms. The van der Waals surface area contributed by atoms with Crippen LogP contribution in [0, 0.1) is 5.41 Å². The zero-order valence-electron chi connectivity index (χ0n) is 6.73. The standard InChI is InChI=1S/C8H13O2/c1-4-8(5-2,6-9)7(3)10/h4-5H2,1-3H3. The van der Waals surface area contributed by atoms with Gasteiger partial charge in [0.25, 0.3) is 0 Å². The van der Waals surface area contributed by atoms with Crippen LogP contribution < -0.4 is 0 Å². The molecule has 0 aromatic heterocycles. The second kappa shape index (κ2) is 3.49. The van der Waals surface area contributed by atoms with E-state index in [0.29, 0.717) is 12.8 Å². The molecule has 0 saturated carbocycles. The van der Waals surface area contributed by atoms with Crippen LogP contribution in [0.15, 0.2) is 0 Å². The third-order valence-electron chi connectivity index (χ3n) is 2.08. The molecule has 1 radical (unpaired) electrons. The van der Waals surface area contributed by atoms with E-state index in [1.54, 1.807) is 0 Å². The van der Waals surface area contributed by atoms with Crippen LogP contribution in [-0.2, 0) is 9.59 Å². The molecule has 0 amide bonds. The van der Waals surface area contributed by atoms with E-state index >= 15 is 0 Å². The van der Waals surface area contributed by atoms with E-state index in [0.717, 1.165) is 0 Å². The second-order valence-corrected chi connectivity index (χ2v) is 2.45. The van der Waals surface area contributed by atoms with Gasteiger partial charge in [0.15, 0.2) is 0 Å². The first kappa shape index (κ1) is 9.34. The third kappa shape index (κ3) is 1.43. The summed E-state index contributed by atoms with van der Waals surface area (Å²) in [6.45, 7) is 5.10. The topological polar surface area (TPSA) is 34.1 Å². The average molecular weight is 141 g/mol. The van der Waals surface area contributed by atoms with Gasteiger partial charge in [0.1, 0.15) is 5.78 Å². The SMILES string of the molecule is CCC([C]=O)(CC)C(C)=O. The van der Waals surface area contributed by atoms with Crippen molar-refractivity contribution in [3.8, 4) is 0 Å². The first-order valence-corrected chi connectivity index (χ1v) is 3.53. The predicted molar refractivity (Wildman–Crippen MR) is 39.4 cm³/mol. The van der Waals surface area contributed by atoms with Crippen LogP contribution in [-0.4, -0.2) is 12.1 Å². The van der Waals surface area contributed by atoms with Gasteiger partial charge >= 0.3 is 0 Å². The van der Waals surface area contributed by atoms with E-state index in [9.17, 15) is 9.59 Å². The van der Waals surface area contributed by atoms with Crippen LogP contribution in [0.3, 0.4) is 0 Å². The number of ketones is 1. The first-order chi connectivity index (χ1) is 4.63. The van der Waals surface area contributed by atoms with Crippen molar-refractivity contribution >= 4 is 12.1 Å². The molecule has 0 atom stereocenters. The molecule has 0 aliphatic heterocycles. The molecule has 0 N–H and O–H groups in total. The van der Waals surface area contributed by atoms with Crippen molar-refractivity contribution < 1.29 is 9.59 Å². The molecule has 57 valence electrons. The Labute approximate surface area is 61.6 Å². The van der Waals surface area contributed by atoms with E-state index in [1.807, 2.05) is 20.1 Å². The number of hydrogen-bond donors (Lipinski definition) is 0. The van der Waals surface area contributed by atoms with Crippen LogP contribution in [0.1, 0.15) is 33.6 Å². The van der Waals surface area contributed by atoms with Gasteiger partial charge in [0.2, 0.25) is 6.29 Å². The van der Waals surface area contributed by atoms with E-state index in [4.69, 9.17) is 0 Å². The van der Waals surface area contributed by atoms with Crippen LogP contribution in [0.25, 0.3) is 0 Å². The van der Waals surface area contributed by atoms with Gasteiger partial charge in [0, 0.05) is 0 Å². The highest BCUT2D eigenvalue weighted by Gasteiger charge is 2.31. The van der Waals surface area contributed by atoms with Crippen molar-refractivity contribution in [2.75, 3.05) is 0 Å². The molecule has 2 heteroatoms. The third-order valence-corrected chi connectivity index (χ3v) is 2.08. The van der Waals surface area contributed by atoms with Crippen LogP contribution in [0.4, 0.5) is 0 Å². The van der Waals surface area contributed by atoms with Crippen LogP contribution in [0.2, 0.25) is 0 Å². The van der Waals surface area contributed by atoms with Gasteiger partial charge in [-0.25, -0.2) is 0 Å². The first-order valence-electron chi connectivity index (χ1n) is 3.53. The maximum atomic E-state index is 10.9.